The molecule has 0 spiro atoms. The molecule has 0 aromatic heterocycles. The number of anilines is 1. The molecule has 3 rings (SSSR count). The minimum Gasteiger partial charge on any atom is -0.494 e. The van der Waals surface area contributed by atoms with Gasteiger partial charge in [0.05, 0.1) is 17.2 Å². The van der Waals surface area contributed by atoms with Gasteiger partial charge in [-0.05, 0) is 102 Å². The maximum absolute atomic E-state index is 14.1. The summed E-state index contributed by atoms with van der Waals surface area (Å²) >= 11 is 14.4. The van der Waals surface area contributed by atoms with Gasteiger partial charge in [-0.15, -0.1) is 11.8 Å². The molecule has 0 aliphatic carbocycles. The van der Waals surface area contributed by atoms with E-state index in [1.165, 1.54) is 28.8 Å². The number of nitrogens with one attached hydrogen (secondary N) is 1. The zero-order chi connectivity index (χ0) is 31.9. The Morgan fingerprint density at radius 2 is 1.56 bits per heavy atom. The summed E-state index contributed by atoms with van der Waals surface area (Å²) in [6, 6.07) is 16.9. The van der Waals surface area contributed by atoms with Crippen molar-refractivity contribution in [3.63, 3.8) is 0 Å². The predicted octanol–water partition coefficient (Wildman–Crippen LogP) is 6.64. The topological polar surface area (TPSA) is 96.0 Å². The summed E-state index contributed by atoms with van der Waals surface area (Å²) in [5.74, 6) is -0.473. The van der Waals surface area contributed by atoms with Crippen LogP contribution in [0.15, 0.2) is 76.5 Å². The summed E-state index contributed by atoms with van der Waals surface area (Å²) < 4.78 is 34.7. The zero-order valence-corrected chi connectivity index (χ0v) is 28.2. The summed E-state index contributed by atoms with van der Waals surface area (Å²) in [4.78, 5) is 29.6. The monoisotopic (exact) mass is 665 g/mol. The summed E-state index contributed by atoms with van der Waals surface area (Å²) in [6.07, 6.45) is 1.89. The third-order valence-corrected chi connectivity index (χ3v) is 9.66. The predicted molar refractivity (Wildman–Crippen MR) is 175 cm³/mol. The fourth-order valence-electron chi connectivity index (χ4n) is 4.19. The average molecular weight is 667 g/mol. The van der Waals surface area contributed by atoms with Crippen molar-refractivity contribution in [3.8, 4) is 5.75 Å². The van der Waals surface area contributed by atoms with E-state index in [0.29, 0.717) is 28.0 Å². The molecule has 1 N–H and O–H groups in total. The molecule has 12 heteroatoms. The lowest BCUT2D eigenvalue weighted by molar-refractivity contribution is -0.140. The van der Waals surface area contributed by atoms with E-state index in [2.05, 4.69) is 5.32 Å². The van der Waals surface area contributed by atoms with Gasteiger partial charge in [0.2, 0.25) is 11.8 Å². The number of halogens is 2. The van der Waals surface area contributed by atoms with E-state index in [1.807, 2.05) is 34.0 Å². The number of benzene rings is 3. The normalized spacial score (nSPS) is 12.4. The number of carbonyl (C=O) groups is 2. The van der Waals surface area contributed by atoms with Gasteiger partial charge in [-0.25, -0.2) is 8.42 Å². The fourth-order valence-corrected chi connectivity index (χ4v) is 6.53. The molecule has 2 amide bonds. The van der Waals surface area contributed by atoms with Crippen LogP contribution in [-0.2, 0) is 26.2 Å². The van der Waals surface area contributed by atoms with Gasteiger partial charge in [0.25, 0.3) is 10.0 Å². The number of thioether (sulfide) groups is 1. The number of nitrogens with zero attached hydrogens (tertiary/aromatic N) is 2. The minimum atomic E-state index is -4.21. The third kappa shape index (κ3) is 9.04. The fraction of sp³-hybridized carbons (Fsp3) is 0.355. The number of hydrogen-bond donors (Lipinski definition) is 1. The van der Waals surface area contributed by atoms with E-state index in [9.17, 15) is 18.0 Å². The molecule has 0 bridgehead atoms. The molecule has 0 unspecified atom stereocenters. The van der Waals surface area contributed by atoms with Crippen LogP contribution in [0.5, 0.6) is 5.75 Å². The van der Waals surface area contributed by atoms with Gasteiger partial charge >= 0.3 is 0 Å². The van der Waals surface area contributed by atoms with Gasteiger partial charge in [-0.3, -0.25) is 13.9 Å². The van der Waals surface area contributed by atoms with Gasteiger partial charge in [-0.1, -0.05) is 29.3 Å². The molecule has 8 nitrogen and oxygen atoms in total. The number of amides is 2. The number of hydrogen-bond acceptors (Lipinski definition) is 6. The summed E-state index contributed by atoms with van der Waals surface area (Å²) in [7, 11) is -4.21. The highest BCUT2D eigenvalue weighted by Crippen LogP contribution is 2.30. The molecule has 232 valence electrons. The van der Waals surface area contributed by atoms with E-state index in [-0.39, 0.29) is 17.1 Å². The van der Waals surface area contributed by atoms with Crippen LogP contribution < -0.4 is 14.4 Å². The second-order valence-corrected chi connectivity index (χ2v) is 14.3. The maximum atomic E-state index is 14.1. The maximum Gasteiger partial charge on any atom is 0.264 e. The van der Waals surface area contributed by atoms with Crippen molar-refractivity contribution >= 4 is 62.5 Å². The molecule has 0 saturated carbocycles. The van der Waals surface area contributed by atoms with Crippen LogP contribution in [-0.4, -0.2) is 56.1 Å². The second-order valence-electron chi connectivity index (χ2n) is 10.8. The van der Waals surface area contributed by atoms with E-state index < -0.39 is 40.0 Å². The standard InChI is InChI=1S/C31H37Cl2N3O5S2/c1-7-41-23-13-11-22(12-14-23)36(43(39,40)25-17-15-24(42-6)16-18-25)20-29(37)35(21(2)30(38)34-31(3,4)5)19-26-27(32)9-8-10-28(26)33/h8-18,21H,7,19-20H2,1-6H3,(H,34,38)/t21-/m1/s1. The minimum absolute atomic E-state index is 0.0196. The Labute approximate surface area is 268 Å². The Bertz CT molecular complexity index is 1510. The van der Waals surface area contributed by atoms with Gasteiger partial charge in [0, 0.05) is 32.6 Å². The second kappa shape index (κ2) is 14.7. The summed E-state index contributed by atoms with van der Waals surface area (Å²) in [5, 5.41) is 3.53. The van der Waals surface area contributed by atoms with Crippen molar-refractivity contribution < 1.29 is 22.7 Å². The molecule has 0 aliphatic heterocycles. The number of ether oxygens (including phenoxy) is 1. The lowest BCUT2D eigenvalue weighted by Crippen LogP contribution is -2.54. The molecular weight excluding hydrogens is 629 g/mol. The van der Waals surface area contributed by atoms with Crippen molar-refractivity contribution in [2.24, 2.45) is 0 Å². The van der Waals surface area contributed by atoms with Gasteiger partial charge in [0.15, 0.2) is 0 Å². The first-order chi connectivity index (χ1) is 20.2. The van der Waals surface area contributed by atoms with Crippen molar-refractivity contribution in [3.05, 3.63) is 82.3 Å². The summed E-state index contributed by atoms with van der Waals surface area (Å²) in [5.41, 5.74) is 0.133. The quantitative estimate of drug-likeness (QED) is 0.218. The van der Waals surface area contributed by atoms with Crippen molar-refractivity contribution in [2.75, 3.05) is 23.7 Å². The van der Waals surface area contributed by atoms with Crippen LogP contribution in [0.25, 0.3) is 0 Å². The van der Waals surface area contributed by atoms with Crippen LogP contribution in [0, 0.1) is 0 Å². The molecule has 3 aromatic carbocycles. The molecule has 0 saturated heterocycles. The Morgan fingerprint density at radius 3 is 2.07 bits per heavy atom. The molecule has 0 radical (unpaired) electrons. The van der Waals surface area contributed by atoms with E-state index in [0.717, 1.165) is 9.20 Å². The number of rotatable bonds is 12. The summed E-state index contributed by atoms with van der Waals surface area (Å²) in [6.45, 7) is 8.66. The highest BCUT2D eigenvalue weighted by atomic mass is 35.5. The highest BCUT2D eigenvalue weighted by molar-refractivity contribution is 7.98. The number of sulfonamides is 1. The highest BCUT2D eigenvalue weighted by Gasteiger charge is 2.34. The largest absolute Gasteiger partial charge is 0.494 e. The SMILES string of the molecule is CCOc1ccc(N(CC(=O)N(Cc2c(Cl)cccc2Cl)[C@H](C)C(=O)NC(C)(C)C)S(=O)(=O)c2ccc(SC)cc2)cc1. The first-order valence-electron chi connectivity index (χ1n) is 13.6. The first kappa shape index (κ1) is 34.6. The third-order valence-electron chi connectivity index (χ3n) is 6.42. The first-order valence-corrected chi connectivity index (χ1v) is 17.0. The molecule has 0 heterocycles. The molecule has 0 aliphatic rings. The molecule has 0 fully saturated rings. The molecule has 43 heavy (non-hydrogen) atoms. The van der Waals surface area contributed by atoms with Crippen molar-refractivity contribution in [1.29, 1.82) is 0 Å². The van der Waals surface area contributed by atoms with Crippen molar-refractivity contribution in [1.82, 2.24) is 10.2 Å². The smallest absolute Gasteiger partial charge is 0.264 e. The van der Waals surface area contributed by atoms with Crippen LogP contribution >= 0.6 is 35.0 Å². The number of carbonyl (C=O) groups excluding carboxylic acids is 2. The Balaban J connectivity index is 2.08. The molecular formula is C31H37Cl2N3O5S2. The van der Waals surface area contributed by atoms with Crippen LogP contribution in [0.2, 0.25) is 10.0 Å². The van der Waals surface area contributed by atoms with Gasteiger partial charge in [-0.2, -0.15) is 0 Å². The van der Waals surface area contributed by atoms with Crippen LogP contribution in [0.3, 0.4) is 0 Å². The van der Waals surface area contributed by atoms with Crippen LogP contribution in [0.4, 0.5) is 5.69 Å². The molecule has 3 aromatic rings. The zero-order valence-electron chi connectivity index (χ0n) is 25.1. The Kier molecular flexibility index (Phi) is 11.8. The lowest BCUT2D eigenvalue weighted by atomic mass is 10.1. The van der Waals surface area contributed by atoms with E-state index in [4.69, 9.17) is 27.9 Å². The van der Waals surface area contributed by atoms with Gasteiger partial charge in [0.1, 0.15) is 18.3 Å². The lowest BCUT2D eigenvalue weighted by Gasteiger charge is -2.34. The van der Waals surface area contributed by atoms with Crippen LogP contribution in [0.1, 0.15) is 40.2 Å². The molecule has 1 atom stereocenters. The van der Waals surface area contributed by atoms with E-state index >= 15 is 0 Å². The van der Waals surface area contributed by atoms with Gasteiger partial charge < -0.3 is 15.0 Å². The Hall–Kier alpha value is -2.92. The Morgan fingerprint density at radius 1 is 0.977 bits per heavy atom. The van der Waals surface area contributed by atoms with Crippen molar-refractivity contribution in [2.45, 2.75) is 62.5 Å². The average Bonchev–Trinajstić information content (AvgIpc) is 2.95. The van der Waals surface area contributed by atoms with E-state index in [1.54, 1.807) is 61.5 Å².